The summed E-state index contributed by atoms with van der Waals surface area (Å²) in [6, 6.07) is 2.29. The SMILES string of the molecule is Cc1cscc1C(=O)NC1(C#N)CCSCC1. The Hall–Kier alpha value is -0.990. The summed E-state index contributed by atoms with van der Waals surface area (Å²) in [6.07, 6.45) is 1.48. The first-order valence-electron chi connectivity index (χ1n) is 5.51. The van der Waals surface area contributed by atoms with E-state index in [1.165, 1.54) is 11.3 Å². The van der Waals surface area contributed by atoms with Gasteiger partial charge in [-0.3, -0.25) is 4.79 Å². The number of carbonyl (C=O) groups excluding carboxylic acids is 1. The molecule has 1 amide bonds. The Labute approximate surface area is 109 Å². The largest absolute Gasteiger partial charge is 0.334 e. The molecule has 0 radical (unpaired) electrons. The van der Waals surface area contributed by atoms with Gasteiger partial charge in [0.05, 0.1) is 11.6 Å². The molecular formula is C12H14N2OS2. The minimum absolute atomic E-state index is 0.114. The van der Waals surface area contributed by atoms with E-state index in [-0.39, 0.29) is 5.91 Å². The van der Waals surface area contributed by atoms with Crippen molar-refractivity contribution in [1.29, 1.82) is 5.26 Å². The molecule has 0 aliphatic carbocycles. The van der Waals surface area contributed by atoms with Gasteiger partial charge in [0.1, 0.15) is 5.54 Å². The highest BCUT2D eigenvalue weighted by molar-refractivity contribution is 7.99. The number of amides is 1. The molecule has 0 spiro atoms. The predicted molar refractivity (Wildman–Crippen MR) is 71.4 cm³/mol. The molecule has 1 fully saturated rings. The van der Waals surface area contributed by atoms with E-state index < -0.39 is 5.54 Å². The van der Waals surface area contributed by atoms with Crippen LogP contribution in [0, 0.1) is 18.3 Å². The van der Waals surface area contributed by atoms with E-state index >= 15 is 0 Å². The Kier molecular flexibility index (Phi) is 3.75. The zero-order valence-corrected chi connectivity index (χ0v) is 11.3. The maximum absolute atomic E-state index is 12.1. The molecule has 0 aromatic carbocycles. The molecule has 1 aliphatic rings. The molecule has 1 aliphatic heterocycles. The summed E-state index contributed by atoms with van der Waals surface area (Å²) in [4.78, 5) is 12.1. The summed E-state index contributed by atoms with van der Waals surface area (Å²) >= 11 is 3.36. The molecule has 0 saturated carbocycles. The molecule has 0 unspecified atom stereocenters. The Morgan fingerprint density at radius 3 is 2.71 bits per heavy atom. The molecule has 3 nitrogen and oxygen atoms in total. The smallest absolute Gasteiger partial charge is 0.253 e. The van der Waals surface area contributed by atoms with Crippen LogP contribution < -0.4 is 5.32 Å². The third-order valence-electron chi connectivity index (χ3n) is 3.01. The average molecular weight is 266 g/mol. The minimum Gasteiger partial charge on any atom is -0.334 e. The highest BCUT2D eigenvalue weighted by Gasteiger charge is 2.34. The fourth-order valence-electron chi connectivity index (χ4n) is 1.86. The van der Waals surface area contributed by atoms with Gasteiger partial charge in [0.15, 0.2) is 0 Å². The summed E-state index contributed by atoms with van der Waals surface area (Å²) in [5.41, 5.74) is 1.02. The molecule has 2 rings (SSSR count). The summed E-state index contributed by atoms with van der Waals surface area (Å²) in [5, 5.41) is 16.0. The first kappa shape index (κ1) is 12.5. The molecule has 1 aromatic rings. The number of aryl methyl sites for hydroxylation is 1. The van der Waals surface area contributed by atoms with Crippen LogP contribution in [0.5, 0.6) is 0 Å². The highest BCUT2D eigenvalue weighted by Crippen LogP contribution is 2.27. The molecule has 17 heavy (non-hydrogen) atoms. The van der Waals surface area contributed by atoms with Gasteiger partial charge in [-0.15, -0.1) is 0 Å². The van der Waals surface area contributed by atoms with Crippen LogP contribution in [0.15, 0.2) is 10.8 Å². The summed E-state index contributed by atoms with van der Waals surface area (Å²) in [7, 11) is 0. The van der Waals surface area contributed by atoms with Crippen LogP contribution >= 0.6 is 23.1 Å². The molecule has 90 valence electrons. The molecule has 0 bridgehead atoms. The summed E-state index contributed by atoms with van der Waals surface area (Å²) in [5.74, 6) is 1.77. The van der Waals surface area contributed by atoms with Crippen molar-refractivity contribution < 1.29 is 4.79 Å². The van der Waals surface area contributed by atoms with Crippen molar-refractivity contribution in [2.45, 2.75) is 25.3 Å². The lowest BCUT2D eigenvalue weighted by Gasteiger charge is -2.31. The topological polar surface area (TPSA) is 52.9 Å². The van der Waals surface area contributed by atoms with E-state index in [4.69, 9.17) is 0 Å². The number of hydrogen-bond donors (Lipinski definition) is 1. The molecule has 1 saturated heterocycles. The van der Waals surface area contributed by atoms with Gasteiger partial charge in [0.25, 0.3) is 5.91 Å². The second-order valence-electron chi connectivity index (χ2n) is 4.23. The maximum atomic E-state index is 12.1. The van der Waals surface area contributed by atoms with Crippen molar-refractivity contribution in [3.8, 4) is 6.07 Å². The molecule has 5 heteroatoms. The van der Waals surface area contributed by atoms with Crippen LogP contribution in [0.4, 0.5) is 0 Å². The zero-order valence-electron chi connectivity index (χ0n) is 9.66. The van der Waals surface area contributed by atoms with E-state index in [0.29, 0.717) is 5.56 Å². The Morgan fingerprint density at radius 1 is 1.47 bits per heavy atom. The van der Waals surface area contributed by atoms with E-state index in [1.54, 1.807) is 0 Å². The summed E-state index contributed by atoms with van der Waals surface area (Å²) < 4.78 is 0. The van der Waals surface area contributed by atoms with E-state index in [9.17, 15) is 10.1 Å². The molecule has 2 heterocycles. The monoisotopic (exact) mass is 266 g/mol. The van der Waals surface area contributed by atoms with Gasteiger partial charge in [-0.25, -0.2) is 0 Å². The van der Waals surface area contributed by atoms with Crippen molar-refractivity contribution in [3.05, 3.63) is 21.9 Å². The second-order valence-corrected chi connectivity index (χ2v) is 6.20. The van der Waals surface area contributed by atoms with Crippen LogP contribution in [0.25, 0.3) is 0 Å². The number of thioether (sulfide) groups is 1. The van der Waals surface area contributed by atoms with Crippen molar-refractivity contribution in [3.63, 3.8) is 0 Å². The highest BCUT2D eigenvalue weighted by atomic mass is 32.2. The molecular weight excluding hydrogens is 252 g/mol. The Balaban J connectivity index is 2.12. The third kappa shape index (κ3) is 2.64. The fourth-order valence-corrected chi connectivity index (χ4v) is 3.88. The van der Waals surface area contributed by atoms with Gasteiger partial charge in [-0.2, -0.15) is 28.4 Å². The number of carbonyl (C=O) groups is 1. The van der Waals surface area contributed by atoms with E-state index in [1.807, 2.05) is 29.4 Å². The fraction of sp³-hybridized carbons (Fsp3) is 0.500. The average Bonchev–Trinajstić information content (AvgIpc) is 2.77. The van der Waals surface area contributed by atoms with Gasteiger partial charge in [-0.05, 0) is 42.2 Å². The minimum atomic E-state index is -0.656. The van der Waals surface area contributed by atoms with Gasteiger partial charge >= 0.3 is 0 Å². The summed E-state index contributed by atoms with van der Waals surface area (Å²) in [6.45, 7) is 1.92. The van der Waals surface area contributed by atoms with E-state index in [2.05, 4.69) is 11.4 Å². The van der Waals surface area contributed by atoms with Crippen LogP contribution in [-0.4, -0.2) is 23.0 Å². The van der Waals surface area contributed by atoms with Crippen molar-refractivity contribution in [1.82, 2.24) is 5.32 Å². The molecule has 1 aromatic heterocycles. The number of nitrogens with zero attached hydrogens (tertiary/aromatic N) is 1. The quantitative estimate of drug-likeness (QED) is 0.895. The molecule has 1 N–H and O–H groups in total. The van der Waals surface area contributed by atoms with Gasteiger partial charge < -0.3 is 5.32 Å². The normalized spacial score (nSPS) is 18.4. The number of thiophene rings is 1. The number of hydrogen-bond acceptors (Lipinski definition) is 4. The van der Waals surface area contributed by atoms with Crippen molar-refractivity contribution >= 4 is 29.0 Å². The van der Waals surface area contributed by atoms with Gasteiger partial charge in [-0.1, -0.05) is 0 Å². The lowest BCUT2D eigenvalue weighted by Crippen LogP contribution is -2.49. The van der Waals surface area contributed by atoms with Crippen LogP contribution in [0.2, 0.25) is 0 Å². The maximum Gasteiger partial charge on any atom is 0.253 e. The number of nitriles is 1. The second kappa shape index (κ2) is 5.11. The van der Waals surface area contributed by atoms with Crippen LogP contribution in [0.3, 0.4) is 0 Å². The Bertz CT molecular complexity index is 455. The standard InChI is InChI=1S/C12H14N2OS2/c1-9-6-17-7-10(9)11(15)14-12(8-13)2-4-16-5-3-12/h6-7H,2-5H2,1H3,(H,14,15). The van der Waals surface area contributed by atoms with Crippen LogP contribution in [0.1, 0.15) is 28.8 Å². The Morgan fingerprint density at radius 2 is 2.18 bits per heavy atom. The third-order valence-corrected chi connectivity index (χ3v) is 4.86. The zero-order chi connectivity index (χ0) is 12.3. The lowest BCUT2D eigenvalue weighted by atomic mass is 9.93. The van der Waals surface area contributed by atoms with Gasteiger partial charge in [0, 0.05) is 5.38 Å². The number of rotatable bonds is 2. The van der Waals surface area contributed by atoms with Crippen LogP contribution in [-0.2, 0) is 0 Å². The number of nitrogens with one attached hydrogen (secondary N) is 1. The first-order chi connectivity index (χ1) is 8.17. The van der Waals surface area contributed by atoms with E-state index in [0.717, 1.165) is 29.9 Å². The van der Waals surface area contributed by atoms with Crippen molar-refractivity contribution in [2.24, 2.45) is 0 Å². The first-order valence-corrected chi connectivity index (χ1v) is 7.61. The predicted octanol–water partition coefficient (Wildman–Crippen LogP) is 2.58. The molecule has 0 atom stereocenters. The van der Waals surface area contributed by atoms with Crippen molar-refractivity contribution in [2.75, 3.05) is 11.5 Å². The lowest BCUT2D eigenvalue weighted by molar-refractivity contribution is 0.0915. The van der Waals surface area contributed by atoms with Gasteiger partial charge in [0.2, 0.25) is 0 Å².